The second-order valence-electron chi connectivity index (χ2n) is 10.0. The van der Waals surface area contributed by atoms with E-state index in [4.69, 9.17) is 10.5 Å². The van der Waals surface area contributed by atoms with E-state index < -0.39 is 6.04 Å². The van der Waals surface area contributed by atoms with Crippen LogP contribution >= 0.6 is 0 Å². The second-order valence-corrected chi connectivity index (χ2v) is 10.0. The van der Waals surface area contributed by atoms with Crippen molar-refractivity contribution in [2.24, 2.45) is 11.1 Å². The van der Waals surface area contributed by atoms with Gasteiger partial charge >= 0.3 is 0 Å². The lowest BCUT2D eigenvalue weighted by molar-refractivity contribution is -0.136. The number of benzene rings is 1. The summed E-state index contributed by atoms with van der Waals surface area (Å²) in [6, 6.07) is 5.76. The Morgan fingerprint density at radius 3 is 2.70 bits per heavy atom. The minimum atomic E-state index is -0.582. The molecule has 2 atom stereocenters. The Morgan fingerprint density at radius 1 is 1.12 bits per heavy atom. The lowest BCUT2D eigenvalue weighted by Gasteiger charge is -2.50. The number of nitrogens with zero attached hydrogens (tertiary/aromatic N) is 2. The van der Waals surface area contributed by atoms with Gasteiger partial charge in [-0.15, -0.1) is 0 Å². The number of carbonyl (C=O) groups is 3. The van der Waals surface area contributed by atoms with E-state index in [0.29, 0.717) is 31.1 Å². The molecule has 1 aromatic carbocycles. The van der Waals surface area contributed by atoms with Crippen LogP contribution in [0.5, 0.6) is 0 Å². The van der Waals surface area contributed by atoms with Gasteiger partial charge in [-0.2, -0.15) is 0 Å². The maximum atomic E-state index is 13.2. The fourth-order valence-corrected chi connectivity index (χ4v) is 6.34. The summed E-state index contributed by atoms with van der Waals surface area (Å²) in [5, 5.41) is 2.38. The topological polar surface area (TPSA) is 105 Å². The molecule has 3 saturated heterocycles. The van der Waals surface area contributed by atoms with Crippen LogP contribution in [0.15, 0.2) is 18.2 Å². The molecule has 0 aliphatic carbocycles. The predicted molar refractivity (Wildman–Crippen MR) is 122 cm³/mol. The summed E-state index contributed by atoms with van der Waals surface area (Å²) < 4.78 is 5.66. The van der Waals surface area contributed by atoms with Crippen molar-refractivity contribution in [3.05, 3.63) is 34.9 Å². The van der Waals surface area contributed by atoms with Crippen LogP contribution in [0.25, 0.3) is 0 Å². The number of imide groups is 1. The van der Waals surface area contributed by atoms with Crippen molar-refractivity contribution in [1.29, 1.82) is 0 Å². The van der Waals surface area contributed by atoms with E-state index in [1.54, 1.807) is 4.90 Å². The lowest BCUT2D eigenvalue weighted by Crippen LogP contribution is -2.55. The highest BCUT2D eigenvalue weighted by molar-refractivity contribution is 6.05. The minimum Gasteiger partial charge on any atom is -0.381 e. The van der Waals surface area contributed by atoms with E-state index in [2.05, 4.69) is 16.3 Å². The third-order valence-corrected chi connectivity index (χ3v) is 8.27. The summed E-state index contributed by atoms with van der Waals surface area (Å²) in [6.07, 6.45) is 6.19. The zero-order valence-electron chi connectivity index (χ0n) is 19.2. The number of amides is 3. The molecule has 178 valence electrons. The molecule has 33 heavy (non-hydrogen) atoms. The van der Waals surface area contributed by atoms with Gasteiger partial charge in [0.1, 0.15) is 6.04 Å². The molecule has 0 radical (unpaired) electrons. The Labute approximate surface area is 194 Å². The Balaban J connectivity index is 1.38. The highest BCUT2D eigenvalue weighted by Gasteiger charge is 2.44. The van der Waals surface area contributed by atoms with Crippen molar-refractivity contribution in [1.82, 2.24) is 15.1 Å². The van der Waals surface area contributed by atoms with Gasteiger partial charge in [0.05, 0.1) is 0 Å². The quantitative estimate of drug-likeness (QED) is 0.655. The van der Waals surface area contributed by atoms with Crippen molar-refractivity contribution in [3.63, 3.8) is 0 Å². The predicted octanol–water partition coefficient (Wildman–Crippen LogP) is 1.56. The first-order valence-corrected chi connectivity index (χ1v) is 12.3. The number of nitrogens with two attached hydrogens (primary N) is 1. The van der Waals surface area contributed by atoms with Crippen LogP contribution in [0.2, 0.25) is 0 Å². The molecule has 1 aromatic rings. The van der Waals surface area contributed by atoms with E-state index in [0.717, 1.165) is 56.7 Å². The Morgan fingerprint density at radius 2 is 1.94 bits per heavy atom. The first-order valence-electron chi connectivity index (χ1n) is 12.3. The van der Waals surface area contributed by atoms with Crippen molar-refractivity contribution < 1.29 is 19.1 Å². The molecule has 0 spiro atoms. The molecule has 5 rings (SSSR count). The van der Waals surface area contributed by atoms with Gasteiger partial charge in [-0.1, -0.05) is 18.6 Å². The van der Waals surface area contributed by atoms with Gasteiger partial charge in [0.2, 0.25) is 11.8 Å². The maximum Gasteiger partial charge on any atom is 0.255 e. The Bertz CT molecular complexity index is 942. The first kappa shape index (κ1) is 22.5. The fourth-order valence-electron chi connectivity index (χ4n) is 6.34. The van der Waals surface area contributed by atoms with Gasteiger partial charge in [-0.05, 0) is 62.4 Å². The highest BCUT2D eigenvalue weighted by Crippen LogP contribution is 2.41. The number of carbonyl (C=O) groups excluding carboxylic acids is 3. The van der Waals surface area contributed by atoms with Gasteiger partial charge in [0, 0.05) is 49.7 Å². The van der Waals surface area contributed by atoms with Crippen molar-refractivity contribution in [3.8, 4) is 0 Å². The molecular formula is C25H34N4O4. The number of likely N-dealkylation sites (tertiary alicyclic amines) is 1. The van der Waals surface area contributed by atoms with E-state index in [-0.39, 0.29) is 29.6 Å². The normalized spacial score (nSPS) is 28.0. The van der Waals surface area contributed by atoms with Gasteiger partial charge in [0.15, 0.2) is 0 Å². The van der Waals surface area contributed by atoms with Gasteiger partial charge in [0.25, 0.3) is 5.91 Å². The summed E-state index contributed by atoms with van der Waals surface area (Å²) >= 11 is 0. The van der Waals surface area contributed by atoms with Crippen molar-refractivity contribution in [2.75, 3.05) is 26.3 Å². The Hall–Kier alpha value is -2.29. The first-order chi connectivity index (χ1) is 16.0. The molecule has 0 aromatic heterocycles. The number of rotatable bonds is 5. The number of hydrogen-bond donors (Lipinski definition) is 2. The molecule has 0 saturated carbocycles. The molecule has 3 fully saturated rings. The summed E-state index contributed by atoms with van der Waals surface area (Å²) in [5.41, 5.74) is 9.31. The highest BCUT2D eigenvalue weighted by atomic mass is 16.5. The number of nitrogens with one attached hydrogen (secondary N) is 1. The van der Waals surface area contributed by atoms with Crippen LogP contribution in [-0.4, -0.2) is 65.9 Å². The zero-order chi connectivity index (χ0) is 23.0. The molecule has 4 heterocycles. The molecule has 4 aliphatic heterocycles. The van der Waals surface area contributed by atoms with Crippen LogP contribution in [0.4, 0.5) is 0 Å². The summed E-state index contributed by atoms with van der Waals surface area (Å²) in [6.45, 7) is 4.46. The molecule has 3 N–H and O–H groups in total. The van der Waals surface area contributed by atoms with Crippen LogP contribution in [0, 0.1) is 5.41 Å². The molecular weight excluding hydrogens is 420 g/mol. The largest absolute Gasteiger partial charge is 0.381 e. The van der Waals surface area contributed by atoms with Crippen molar-refractivity contribution in [2.45, 2.75) is 70.1 Å². The van der Waals surface area contributed by atoms with Crippen LogP contribution < -0.4 is 11.1 Å². The third kappa shape index (κ3) is 4.09. The Kier molecular flexibility index (Phi) is 6.24. The number of ether oxygens (including phenoxy) is 1. The number of fused-ring (bicyclic) bond motifs is 1. The van der Waals surface area contributed by atoms with E-state index in [1.807, 2.05) is 12.1 Å². The molecule has 8 heteroatoms. The summed E-state index contributed by atoms with van der Waals surface area (Å²) in [7, 11) is 0. The molecule has 8 nitrogen and oxygen atoms in total. The van der Waals surface area contributed by atoms with E-state index in [1.165, 1.54) is 12.8 Å². The molecule has 3 amide bonds. The van der Waals surface area contributed by atoms with Crippen LogP contribution in [0.1, 0.15) is 66.4 Å². The van der Waals surface area contributed by atoms with E-state index >= 15 is 0 Å². The smallest absolute Gasteiger partial charge is 0.255 e. The number of piperidine rings is 2. The lowest BCUT2D eigenvalue weighted by atomic mass is 9.70. The number of hydrogen-bond acceptors (Lipinski definition) is 6. The van der Waals surface area contributed by atoms with E-state index in [9.17, 15) is 14.4 Å². The molecule has 4 aliphatic rings. The van der Waals surface area contributed by atoms with Crippen molar-refractivity contribution >= 4 is 17.7 Å². The second kappa shape index (κ2) is 9.16. The third-order valence-electron chi connectivity index (χ3n) is 8.27. The fraction of sp³-hybridized carbons (Fsp3) is 0.640. The van der Waals surface area contributed by atoms with Crippen LogP contribution in [-0.2, 0) is 27.4 Å². The van der Waals surface area contributed by atoms with Gasteiger partial charge < -0.3 is 15.4 Å². The standard InChI is InChI=1S/C25H34N4O4/c26-16-25(9-12-33-13-10-25)21-6-1-2-11-28(21)14-17-4-3-5-18-19(17)15-29(24(18)32)20-7-8-22(30)27-23(20)31/h3-5,20-21H,1-2,6-16,26H2,(H,27,30,31). The molecule has 2 unspecified atom stereocenters. The monoisotopic (exact) mass is 454 g/mol. The molecule has 0 bridgehead atoms. The summed E-state index contributed by atoms with van der Waals surface area (Å²) in [5.74, 6) is -0.743. The average molecular weight is 455 g/mol. The van der Waals surface area contributed by atoms with Crippen LogP contribution in [0.3, 0.4) is 0 Å². The SMILES string of the molecule is NCC1(C2CCCCN2Cc2cccc3c2CN(C2CCC(=O)NC2=O)C3=O)CCOCC1. The maximum absolute atomic E-state index is 13.2. The zero-order valence-corrected chi connectivity index (χ0v) is 19.2. The van der Waals surface area contributed by atoms with Gasteiger partial charge in [-0.25, -0.2) is 0 Å². The van der Waals surface area contributed by atoms with Gasteiger partial charge in [-0.3, -0.25) is 24.6 Å². The minimum absolute atomic E-state index is 0.0885. The summed E-state index contributed by atoms with van der Waals surface area (Å²) in [4.78, 5) is 41.4. The average Bonchev–Trinajstić information content (AvgIpc) is 3.17.